The van der Waals surface area contributed by atoms with E-state index in [1.165, 1.54) is 35.2 Å². The molecule has 0 unspecified atom stereocenters. The molecule has 0 saturated heterocycles. The van der Waals surface area contributed by atoms with E-state index in [0.717, 1.165) is 23.6 Å². The van der Waals surface area contributed by atoms with Gasteiger partial charge in [0, 0.05) is 30.5 Å². The summed E-state index contributed by atoms with van der Waals surface area (Å²) in [5.41, 5.74) is 2.26. The van der Waals surface area contributed by atoms with Gasteiger partial charge in [-0.3, -0.25) is 9.10 Å². The van der Waals surface area contributed by atoms with Crippen LogP contribution >= 0.6 is 11.8 Å². The molecule has 2 heterocycles. The van der Waals surface area contributed by atoms with Crippen molar-refractivity contribution < 1.29 is 13.2 Å². The van der Waals surface area contributed by atoms with Crippen LogP contribution in [0.15, 0.2) is 35.7 Å². The van der Waals surface area contributed by atoms with Crippen molar-refractivity contribution in [2.75, 3.05) is 22.9 Å². The molecule has 138 valence electrons. The van der Waals surface area contributed by atoms with Crippen LogP contribution < -0.4 is 4.31 Å². The summed E-state index contributed by atoms with van der Waals surface area (Å²) in [6.45, 7) is 0.499. The topological polar surface area (TPSA) is 72.3 Å². The third kappa shape index (κ3) is 3.53. The number of thioether (sulfide) groups is 1. The summed E-state index contributed by atoms with van der Waals surface area (Å²) in [6, 6.07) is 5.89. The number of fused-ring (bicyclic) bond motifs is 1. The van der Waals surface area contributed by atoms with E-state index in [9.17, 15) is 13.2 Å². The van der Waals surface area contributed by atoms with Gasteiger partial charge >= 0.3 is 0 Å². The molecule has 1 fully saturated rings. The average molecular weight is 392 g/mol. The summed E-state index contributed by atoms with van der Waals surface area (Å²) >= 11 is 1.46. The molecule has 1 aliphatic carbocycles. The lowest BCUT2D eigenvalue weighted by Crippen LogP contribution is -2.34. The third-order valence-electron chi connectivity index (χ3n) is 4.78. The molecule has 0 spiro atoms. The lowest BCUT2D eigenvalue weighted by Gasteiger charge is -2.29. The summed E-state index contributed by atoms with van der Waals surface area (Å²) in [7, 11) is -3.29. The number of sulfonamides is 1. The molecule has 1 aromatic heterocycles. The number of hydrogen-bond donors (Lipinski definition) is 0. The normalized spacial score (nSPS) is 17.2. The van der Waals surface area contributed by atoms with Gasteiger partial charge in [-0.15, -0.1) is 0 Å². The summed E-state index contributed by atoms with van der Waals surface area (Å²) in [6.07, 6.45) is 8.90. The van der Waals surface area contributed by atoms with Crippen molar-refractivity contribution in [1.29, 1.82) is 0 Å². The molecule has 0 radical (unpaired) electrons. The maximum absolute atomic E-state index is 12.6. The number of anilines is 1. The Morgan fingerprint density at radius 2 is 2.15 bits per heavy atom. The van der Waals surface area contributed by atoms with Gasteiger partial charge in [0.05, 0.1) is 17.7 Å². The molecule has 0 bridgehead atoms. The number of aromatic nitrogens is 2. The molecule has 0 atom stereocenters. The first kappa shape index (κ1) is 17.6. The SMILES string of the molecule is CS(=O)(=O)N1CCCc2cc(C(=O)CSc3nccn3C3CC3)ccc21. The maximum Gasteiger partial charge on any atom is 0.232 e. The van der Waals surface area contributed by atoms with E-state index in [2.05, 4.69) is 9.55 Å². The Morgan fingerprint density at radius 1 is 1.35 bits per heavy atom. The van der Waals surface area contributed by atoms with Crippen LogP contribution in [0.4, 0.5) is 5.69 Å². The van der Waals surface area contributed by atoms with E-state index in [0.29, 0.717) is 29.6 Å². The Morgan fingerprint density at radius 3 is 2.88 bits per heavy atom. The van der Waals surface area contributed by atoms with E-state index in [4.69, 9.17) is 0 Å². The zero-order valence-corrected chi connectivity index (χ0v) is 16.2. The van der Waals surface area contributed by atoms with Gasteiger partial charge in [0.2, 0.25) is 10.0 Å². The molecule has 2 aliphatic rings. The molecule has 2 aromatic rings. The predicted octanol–water partition coefficient (Wildman–Crippen LogP) is 2.91. The van der Waals surface area contributed by atoms with Crippen LogP contribution in [0.2, 0.25) is 0 Å². The number of Topliss-reactive ketones (excluding diaryl/α,β-unsaturated/α-hetero) is 1. The molecular formula is C18H21N3O3S2. The minimum atomic E-state index is -3.29. The van der Waals surface area contributed by atoms with E-state index >= 15 is 0 Å². The summed E-state index contributed by atoms with van der Waals surface area (Å²) < 4.78 is 27.5. The maximum atomic E-state index is 12.6. The van der Waals surface area contributed by atoms with Crippen molar-refractivity contribution in [3.05, 3.63) is 41.7 Å². The fourth-order valence-electron chi connectivity index (χ4n) is 3.34. The van der Waals surface area contributed by atoms with Crippen molar-refractivity contribution in [3.63, 3.8) is 0 Å². The van der Waals surface area contributed by atoms with Crippen LogP contribution in [0.25, 0.3) is 0 Å². The minimum Gasteiger partial charge on any atom is -0.323 e. The van der Waals surface area contributed by atoms with Crippen molar-refractivity contribution in [1.82, 2.24) is 9.55 Å². The molecule has 4 rings (SSSR count). The highest BCUT2D eigenvalue weighted by Crippen LogP contribution is 2.37. The number of carbonyl (C=O) groups excluding carboxylic acids is 1. The van der Waals surface area contributed by atoms with Crippen LogP contribution in [0.3, 0.4) is 0 Å². The van der Waals surface area contributed by atoms with Gasteiger partial charge in [-0.25, -0.2) is 13.4 Å². The predicted molar refractivity (Wildman–Crippen MR) is 103 cm³/mol. The second-order valence-corrected chi connectivity index (χ2v) is 9.69. The van der Waals surface area contributed by atoms with Crippen molar-refractivity contribution in [2.45, 2.75) is 36.9 Å². The number of nitrogens with zero attached hydrogens (tertiary/aromatic N) is 3. The fourth-order valence-corrected chi connectivity index (χ4v) is 5.25. The lowest BCUT2D eigenvalue weighted by atomic mass is 9.99. The third-order valence-corrected chi connectivity index (χ3v) is 6.94. The standard InChI is InChI=1S/C18H21N3O3S2/c1-26(23,24)21-9-2-3-13-11-14(4-7-16(13)21)17(22)12-25-18-19-8-10-20(18)15-5-6-15/h4,7-8,10-11,15H,2-3,5-6,9,12H2,1H3. The molecule has 0 amide bonds. The Labute approximate surface area is 157 Å². The smallest absolute Gasteiger partial charge is 0.232 e. The van der Waals surface area contributed by atoms with Gasteiger partial charge in [0.25, 0.3) is 0 Å². The van der Waals surface area contributed by atoms with Gasteiger partial charge in [-0.05, 0) is 49.4 Å². The monoisotopic (exact) mass is 391 g/mol. The number of hydrogen-bond acceptors (Lipinski definition) is 5. The number of ketones is 1. The fraction of sp³-hybridized carbons (Fsp3) is 0.444. The van der Waals surface area contributed by atoms with Crippen molar-refractivity contribution in [3.8, 4) is 0 Å². The Bertz CT molecular complexity index is 948. The highest BCUT2D eigenvalue weighted by molar-refractivity contribution is 7.99. The zero-order chi connectivity index (χ0) is 18.3. The first-order valence-electron chi connectivity index (χ1n) is 8.73. The van der Waals surface area contributed by atoms with Crippen LogP contribution in [-0.4, -0.2) is 42.3 Å². The molecule has 1 saturated carbocycles. The average Bonchev–Trinajstić information content (AvgIpc) is 3.35. The van der Waals surface area contributed by atoms with E-state index in [1.54, 1.807) is 18.3 Å². The first-order valence-corrected chi connectivity index (χ1v) is 11.6. The zero-order valence-electron chi connectivity index (χ0n) is 14.6. The molecule has 1 aromatic carbocycles. The van der Waals surface area contributed by atoms with Gasteiger partial charge in [0.1, 0.15) is 0 Å². The second kappa shape index (κ2) is 6.74. The summed E-state index contributed by atoms with van der Waals surface area (Å²) in [5, 5.41) is 0.891. The summed E-state index contributed by atoms with van der Waals surface area (Å²) in [4.78, 5) is 17.0. The minimum absolute atomic E-state index is 0.0413. The molecule has 6 nitrogen and oxygen atoms in total. The van der Waals surface area contributed by atoms with Gasteiger partial charge in [-0.2, -0.15) is 0 Å². The largest absolute Gasteiger partial charge is 0.323 e. The van der Waals surface area contributed by atoms with Crippen LogP contribution in [0.1, 0.15) is 41.2 Å². The van der Waals surface area contributed by atoms with E-state index < -0.39 is 10.0 Å². The van der Waals surface area contributed by atoms with Gasteiger partial charge in [0.15, 0.2) is 10.9 Å². The number of aryl methyl sites for hydroxylation is 1. The summed E-state index contributed by atoms with van der Waals surface area (Å²) in [5.74, 6) is 0.373. The number of carbonyl (C=O) groups is 1. The first-order chi connectivity index (χ1) is 12.4. The van der Waals surface area contributed by atoms with E-state index in [-0.39, 0.29) is 5.78 Å². The van der Waals surface area contributed by atoms with Crippen LogP contribution in [0.5, 0.6) is 0 Å². The quantitative estimate of drug-likeness (QED) is 0.559. The Kier molecular flexibility index (Phi) is 4.56. The van der Waals surface area contributed by atoms with Gasteiger partial charge < -0.3 is 4.57 Å². The van der Waals surface area contributed by atoms with E-state index in [1.807, 2.05) is 12.3 Å². The van der Waals surface area contributed by atoms with Crippen LogP contribution in [-0.2, 0) is 16.4 Å². The molecule has 1 aliphatic heterocycles. The Hall–Kier alpha value is -1.80. The van der Waals surface area contributed by atoms with Crippen molar-refractivity contribution >= 4 is 33.3 Å². The number of benzene rings is 1. The highest BCUT2D eigenvalue weighted by Gasteiger charge is 2.27. The molecule has 0 N–H and O–H groups in total. The second-order valence-electron chi connectivity index (χ2n) is 6.84. The number of rotatable bonds is 6. The number of imidazole rings is 1. The van der Waals surface area contributed by atoms with Gasteiger partial charge in [-0.1, -0.05) is 11.8 Å². The Balaban J connectivity index is 1.49. The highest BCUT2D eigenvalue weighted by atomic mass is 32.2. The lowest BCUT2D eigenvalue weighted by molar-refractivity contribution is 0.102. The van der Waals surface area contributed by atoms with Crippen molar-refractivity contribution in [2.24, 2.45) is 0 Å². The molecular weight excluding hydrogens is 370 g/mol. The van der Waals surface area contributed by atoms with Crippen LogP contribution in [0, 0.1) is 0 Å². The molecule has 26 heavy (non-hydrogen) atoms. The molecule has 8 heteroatoms.